The Balaban J connectivity index is 1.79. The van der Waals surface area contributed by atoms with Gasteiger partial charge in [-0.3, -0.25) is 0 Å². The first kappa shape index (κ1) is 13.7. The van der Waals surface area contributed by atoms with Crippen LogP contribution in [-0.4, -0.2) is 4.83 Å². The molecule has 104 valence electrons. The molecule has 0 nitrogen and oxygen atoms in total. The molecule has 0 radical (unpaired) electrons. The summed E-state index contributed by atoms with van der Waals surface area (Å²) in [7, 11) is 0. The molecule has 1 aliphatic carbocycles. The number of halogens is 3. The molecule has 0 spiro atoms. The van der Waals surface area contributed by atoms with E-state index in [0.29, 0.717) is 6.42 Å². The Morgan fingerprint density at radius 1 is 1.00 bits per heavy atom. The second-order valence-electron chi connectivity index (χ2n) is 5.44. The van der Waals surface area contributed by atoms with Crippen molar-refractivity contribution in [3.8, 4) is 0 Å². The molecule has 3 heteroatoms. The van der Waals surface area contributed by atoms with E-state index in [-0.39, 0.29) is 10.2 Å². The van der Waals surface area contributed by atoms with Crippen molar-refractivity contribution in [2.75, 3.05) is 0 Å². The average Bonchev–Trinajstić information content (AvgIpc) is 3.26. The Morgan fingerprint density at radius 3 is 2.30 bits per heavy atom. The Bertz CT molecular complexity index is 606. The average molecular weight is 337 g/mol. The predicted molar refractivity (Wildman–Crippen MR) is 80.1 cm³/mol. The number of hydrogen-bond acceptors (Lipinski definition) is 0. The fourth-order valence-corrected chi connectivity index (χ4v) is 3.85. The summed E-state index contributed by atoms with van der Waals surface area (Å²) in [6, 6.07) is 14.6. The first-order chi connectivity index (χ1) is 9.62. The van der Waals surface area contributed by atoms with Gasteiger partial charge in [0.15, 0.2) is 11.6 Å². The van der Waals surface area contributed by atoms with E-state index in [0.717, 1.165) is 18.4 Å². The van der Waals surface area contributed by atoms with Gasteiger partial charge in [0.1, 0.15) is 0 Å². The Hall–Kier alpha value is -1.22. The molecule has 2 aromatic carbocycles. The normalized spacial score (nSPS) is 17.8. The zero-order valence-electron chi connectivity index (χ0n) is 11.0. The fraction of sp³-hybridized carbons (Fsp3) is 0.294. The minimum absolute atomic E-state index is 0.145. The largest absolute Gasteiger partial charge is 0.204 e. The molecule has 20 heavy (non-hydrogen) atoms. The summed E-state index contributed by atoms with van der Waals surface area (Å²) in [5, 5.41) is 0. The van der Waals surface area contributed by atoms with Crippen LogP contribution in [0.1, 0.15) is 24.0 Å². The molecular formula is C17H15BrF2. The zero-order chi connectivity index (χ0) is 14.2. The molecule has 3 rings (SSSR count). The Morgan fingerprint density at radius 2 is 1.70 bits per heavy atom. The van der Waals surface area contributed by atoms with Crippen LogP contribution in [0.5, 0.6) is 0 Å². The minimum atomic E-state index is -0.788. The Labute approximate surface area is 126 Å². The molecule has 0 aromatic heterocycles. The summed E-state index contributed by atoms with van der Waals surface area (Å²) in [5.41, 5.74) is 2.30. The molecule has 0 bridgehead atoms. The van der Waals surface area contributed by atoms with Crippen LogP contribution < -0.4 is 0 Å². The second-order valence-corrected chi connectivity index (χ2v) is 6.55. The molecule has 1 atom stereocenters. The van der Waals surface area contributed by atoms with Crippen molar-refractivity contribution in [2.45, 2.75) is 29.5 Å². The topological polar surface area (TPSA) is 0 Å². The summed E-state index contributed by atoms with van der Waals surface area (Å²) >= 11 is 3.76. The van der Waals surface area contributed by atoms with Gasteiger partial charge in [-0.15, -0.1) is 0 Å². The highest BCUT2D eigenvalue weighted by Gasteiger charge is 2.49. The van der Waals surface area contributed by atoms with Gasteiger partial charge >= 0.3 is 0 Å². The third-order valence-electron chi connectivity index (χ3n) is 4.14. The second kappa shape index (κ2) is 5.28. The van der Waals surface area contributed by atoms with Crippen LogP contribution in [0.25, 0.3) is 0 Å². The van der Waals surface area contributed by atoms with Crippen molar-refractivity contribution in [3.05, 3.63) is 71.3 Å². The van der Waals surface area contributed by atoms with Crippen LogP contribution in [0.2, 0.25) is 0 Å². The van der Waals surface area contributed by atoms with Crippen molar-refractivity contribution in [1.29, 1.82) is 0 Å². The van der Waals surface area contributed by atoms with Crippen molar-refractivity contribution >= 4 is 15.9 Å². The third-order valence-corrected chi connectivity index (χ3v) is 5.34. The van der Waals surface area contributed by atoms with Crippen molar-refractivity contribution in [2.24, 2.45) is 0 Å². The Kier molecular flexibility index (Phi) is 3.63. The molecule has 1 unspecified atom stereocenters. The summed E-state index contributed by atoms with van der Waals surface area (Å²) in [6.45, 7) is 0. The zero-order valence-corrected chi connectivity index (χ0v) is 12.5. The van der Waals surface area contributed by atoms with Gasteiger partial charge in [-0.25, -0.2) is 8.78 Å². The van der Waals surface area contributed by atoms with E-state index in [2.05, 4.69) is 28.1 Å². The molecule has 0 amide bonds. The monoisotopic (exact) mass is 336 g/mol. The van der Waals surface area contributed by atoms with Gasteiger partial charge in [-0.2, -0.15) is 0 Å². The predicted octanol–water partition coefficient (Wildman–Crippen LogP) is 5.00. The van der Waals surface area contributed by atoms with Gasteiger partial charge in [0.2, 0.25) is 0 Å². The first-order valence-electron chi connectivity index (χ1n) is 6.75. The van der Waals surface area contributed by atoms with Gasteiger partial charge in [-0.05, 0) is 42.5 Å². The maximum atomic E-state index is 13.3. The smallest absolute Gasteiger partial charge is 0.159 e. The molecule has 0 aliphatic heterocycles. The molecular weight excluding hydrogens is 322 g/mol. The number of alkyl halides is 1. The lowest BCUT2D eigenvalue weighted by molar-refractivity contribution is 0.506. The lowest BCUT2D eigenvalue weighted by Gasteiger charge is -2.22. The standard InChI is InChI=1S/C17H15BrF2/c18-16(11-12-6-7-14(19)15(20)10-12)17(8-9-17)13-4-2-1-3-5-13/h1-7,10,16H,8-9,11H2. The van der Waals surface area contributed by atoms with E-state index in [9.17, 15) is 8.78 Å². The van der Waals surface area contributed by atoms with E-state index in [1.807, 2.05) is 18.2 Å². The van der Waals surface area contributed by atoms with Crippen LogP contribution in [0, 0.1) is 11.6 Å². The van der Waals surface area contributed by atoms with Gasteiger partial charge in [0, 0.05) is 10.2 Å². The SMILES string of the molecule is Fc1ccc(CC(Br)C2(c3ccccc3)CC2)cc1F. The number of hydrogen-bond donors (Lipinski definition) is 0. The van der Waals surface area contributed by atoms with Crippen LogP contribution in [-0.2, 0) is 11.8 Å². The van der Waals surface area contributed by atoms with Gasteiger partial charge in [0.05, 0.1) is 0 Å². The minimum Gasteiger partial charge on any atom is -0.204 e. The first-order valence-corrected chi connectivity index (χ1v) is 7.67. The van der Waals surface area contributed by atoms with Crippen molar-refractivity contribution in [3.63, 3.8) is 0 Å². The summed E-state index contributed by atoms with van der Waals surface area (Å²) in [5.74, 6) is -1.56. The number of rotatable bonds is 4. The molecule has 0 N–H and O–H groups in total. The van der Waals surface area contributed by atoms with E-state index in [1.165, 1.54) is 17.7 Å². The fourth-order valence-electron chi connectivity index (χ4n) is 2.76. The van der Waals surface area contributed by atoms with Crippen molar-refractivity contribution < 1.29 is 8.78 Å². The summed E-state index contributed by atoms with van der Waals surface area (Å²) < 4.78 is 26.2. The van der Waals surface area contributed by atoms with E-state index < -0.39 is 11.6 Å². The third kappa shape index (κ3) is 2.51. The molecule has 2 aromatic rings. The highest BCUT2D eigenvalue weighted by Crippen LogP contribution is 2.54. The lowest BCUT2D eigenvalue weighted by atomic mass is 9.89. The number of benzene rings is 2. The van der Waals surface area contributed by atoms with E-state index in [1.54, 1.807) is 6.07 Å². The van der Waals surface area contributed by atoms with Gasteiger partial charge < -0.3 is 0 Å². The maximum absolute atomic E-state index is 13.3. The van der Waals surface area contributed by atoms with Gasteiger partial charge in [0.25, 0.3) is 0 Å². The van der Waals surface area contributed by atoms with E-state index >= 15 is 0 Å². The van der Waals surface area contributed by atoms with Crippen LogP contribution in [0.3, 0.4) is 0 Å². The quantitative estimate of drug-likeness (QED) is 0.689. The summed E-state index contributed by atoms with van der Waals surface area (Å²) in [6.07, 6.45) is 2.97. The molecule has 1 fully saturated rings. The molecule has 0 saturated heterocycles. The molecule has 1 aliphatic rings. The van der Waals surface area contributed by atoms with E-state index in [4.69, 9.17) is 0 Å². The van der Waals surface area contributed by atoms with Crippen LogP contribution >= 0.6 is 15.9 Å². The molecule has 0 heterocycles. The molecule has 1 saturated carbocycles. The maximum Gasteiger partial charge on any atom is 0.159 e. The summed E-state index contributed by atoms with van der Waals surface area (Å²) in [4.78, 5) is 0.238. The van der Waals surface area contributed by atoms with Crippen molar-refractivity contribution in [1.82, 2.24) is 0 Å². The van der Waals surface area contributed by atoms with Crippen LogP contribution in [0.15, 0.2) is 48.5 Å². The highest BCUT2D eigenvalue weighted by atomic mass is 79.9. The highest BCUT2D eigenvalue weighted by molar-refractivity contribution is 9.09. The lowest BCUT2D eigenvalue weighted by Crippen LogP contribution is -2.22. The van der Waals surface area contributed by atoms with Crippen LogP contribution in [0.4, 0.5) is 8.78 Å². The van der Waals surface area contributed by atoms with Gasteiger partial charge in [-0.1, -0.05) is 52.3 Å².